The monoisotopic (exact) mass is 296 g/mol. The third-order valence-electron chi connectivity index (χ3n) is 5.27. The van der Waals surface area contributed by atoms with Crippen molar-refractivity contribution in [2.24, 2.45) is 5.73 Å². The average Bonchev–Trinajstić information content (AvgIpc) is 2.84. The molecule has 8 heteroatoms. The van der Waals surface area contributed by atoms with Gasteiger partial charge in [-0.25, -0.2) is 0 Å². The zero-order valence-electron chi connectivity index (χ0n) is 13.0. The Morgan fingerprint density at radius 1 is 1.24 bits per heavy atom. The highest BCUT2D eigenvalue weighted by Crippen LogP contribution is 2.37. The van der Waals surface area contributed by atoms with Crippen LogP contribution in [0.1, 0.15) is 24.1 Å². The van der Waals surface area contributed by atoms with Gasteiger partial charge in [-0.1, -0.05) is 28.0 Å². The molecule has 1 aliphatic rings. The van der Waals surface area contributed by atoms with E-state index in [0.29, 0.717) is 0 Å². The number of primary amides is 1. The van der Waals surface area contributed by atoms with Crippen molar-refractivity contribution in [2.75, 3.05) is 0 Å². The molecule has 3 nitrogen and oxygen atoms in total. The molecular weight excluding hydrogens is 279 g/mol. The molecule has 1 unspecified atom stereocenters. The van der Waals surface area contributed by atoms with Gasteiger partial charge in [0.15, 0.2) is 0 Å². The number of hydrogen-bond donors (Lipinski definition) is 2. The van der Waals surface area contributed by atoms with Crippen LogP contribution in [0, 0.1) is 0 Å². The molecule has 1 heterocycles. The lowest BCUT2D eigenvalue weighted by molar-refractivity contribution is -0.121. The Morgan fingerprint density at radius 3 is 2.52 bits per heavy atom. The van der Waals surface area contributed by atoms with Crippen molar-refractivity contribution in [1.29, 1.82) is 0 Å². The molecule has 3 N–H and O–H groups in total. The van der Waals surface area contributed by atoms with Crippen LogP contribution in [0.2, 0.25) is 5.02 Å². The number of H-pyrrole nitrogens is 1. The highest BCUT2D eigenvalue weighted by Gasteiger charge is 2.40. The number of amides is 1. The molecule has 0 aliphatic heterocycles. The summed E-state index contributed by atoms with van der Waals surface area (Å²) >= 11 is 6.49. The molecule has 1 aromatic heterocycles. The van der Waals surface area contributed by atoms with Gasteiger partial charge in [-0.15, -0.1) is 0 Å². The van der Waals surface area contributed by atoms with E-state index in [2.05, 4.69) is 20.7 Å². The molecule has 1 atom stereocenters. The van der Waals surface area contributed by atoms with Gasteiger partial charge in [0.25, 0.3) is 0 Å². The van der Waals surface area contributed by atoms with Crippen molar-refractivity contribution >= 4 is 76.2 Å². The summed E-state index contributed by atoms with van der Waals surface area (Å²) in [5.41, 5.74) is 12.4. The van der Waals surface area contributed by atoms with Gasteiger partial charge < -0.3 is 10.7 Å². The van der Waals surface area contributed by atoms with E-state index in [4.69, 9.17) is 17.3 Å². The molecule has 2 aromatic rings. The summed E-state index contributed by atoms with van der Waals surface area (Å²) in [6, 6.07) is 0. The summed E-state index contributed by atoms with van der Waals surface area (Å²) in [5.74, 6) is -0.256. The van der Waals surface area contributed by atoms with Crippen LogP contribution in [-0.4, -0.2) is 42.3 Å². The number of aryl methyl sites for hydroxylation is 1. The first-order chi connectivity index (χ1) is 9.79. The summed E-state index contributed by atoms with van der Waals surface area (Å²) in [6.07, 6.45) is 2.74. The number of fused-ring (bicyclic) bond motifs is 3. The Kier molecular flexibility index (Phi) is 3.25. The van der Waals surface area contributed by atoms with Gasteiger partial charge >= 0.3 is 0 Å². The minimum atomic E-state index is -0.605. The largest absolute Gasteiger partial charge is 0.369 e. The number of carbonyl (C=O) groups is 1. The van der Waals surface area contributed by atoms with Gasteiger partial charge in [0.05, 0.1) is 5.31 Å². The van der Waals surface area contributed by atoms with Gasteiger partial charge in [0.2, 0.25) is 5.91 Å². The van der Waals surface area contributed by atoms with Gasteiger partial charge in [-0.3, -0.25) is 4.79 Å². The van der Waals surface area contributed by atoms with Gasteiger partial charge in [-0.2, -0.15) is 0 Å². The summed E-state index contributed by atoms with van der Waals surface area (Å²) in [7, 11) is 8.12. The third kappa shape index (κ3) is 1.83. The molecule has 0 radical (unpaired) electrons. The Bertz CT molecular complexity index is 789. The number of carbonyl (C=O) groups excluding carboxylic acids is 1. The molecule has 0 spiro atoms. The number of benzene rings is 1. The molecule has 3 rings (SSSR count). The Balaban J connectivity index is 2.45. The first-order valence-corrected chi connectivity index (χ1v) is 7.77. The summed E-state index contributed by atoms with van der Waals surface area (Å²) in [6.45, 7) is 0. The summed E-state index contributed by atoms with van der Waals surface area (Å²) < 4.78 is 0. The van der Waals surface area contributed by atoms with Crippen LogP contribution < -0.4 is 22.1 Å². The van der Waals surface area contributed by atoms with Crippen LogP contribution in [0.3, 0.4) is 0 Å². The minimum Gasteiger partial charge on any atom is -0.369 e. The molecular formula is C13H17B4ClN2O. The lowest BCUT2D eigenvalue weighted by atomic mass is 9.59. The van der Waals surface area contributed by atoms with E-state index in [-0.39, 0.29) is 5.91 Å². The van der Waals surface area contributed by atoms with Crippen LogP contribution in [0.25, 0.3) is 10.9 Å². The summed E-state index contributed by atoms with van der Waals surface area (Å²) in [4.78, 5) is 15.5. The first kappa shape index (κ1) is 14.7. The Hall–Kier alpha value is -1.22. The fourth-order valence-corrected chi connectivity index (χ4v) is 3.92. The topological polar surface area (TPSA) is 58.9 Å². The van der Waals surface area contributed by atoms with Crippen molar-refractivity contribution in [3.63, 3.8) is 0 Å². The Morgan fingerprint density at radius 2 is 1.90 bits per heavy atom. The number of aromatic nitrogens is 1. The SMILES string of the molecule is Bc1c(Cl)c(B)c2c3c([nH]c2c1B)C(B)(C(N)=O)CCC3. The van der Waals surface area contributed by atoms with E-state index >= 15 is 0 Å². The van der Waals surface area contributed by atoms with E-state index in [1.54, 1.807) is 0 Å². The molecule has 1 aromatic carbocycles. The lowest BCUT2D eigenvalue weighted by Gasteiger charge is -2.31. The quantitative estimate of drug-likeness (QED) is 0.522. The fraction of sp³-hybridized carbons (Fsp3) is 0.308. The molecule has 0 fully saturated rings. The van der Waals surface area contributed by atoms with Crippen LogP contribution in [0.5, 0.6) is 0 Å². The van der Waals surface area contributed by atoms with E-state index in [1.165, 1.54) is 10.9 Å². The van der Waals surface area contributed by atoms with Crippen LogP contribution in [0.15, 0.2) is 0 Å². The van der Waals surface area contributed by atoms with Gasteiger partial charge in [0.1, 0.15) is 31.4 Å². The highest BCUT2D eigenvalue weighted by molar-refractivity contribution is 6.63. The van der Waals surface area contributed by atoms with E-state index < -0.39 is 5.31 Å². The maximum Gasteiger partial charge on any atom is 0.221 e. The highest BCUT2D eigenvalue weighted by atomic mass is 35.5. The van der Waals surface area contributed by atoms with Crippen LogP contribution >= 0.6 is 11.6 Å². The molecule has 1 aliphatic carbocycles. The molecule has 21 heavy (non-hydrogen) atoms. The predicted octanol–water partition coefficient (Wildman–Crippen LogP) is -3.75. The first-order valence-electron chi connectivity index (χ1n) is 7.39. The second-order valence-electron chi connectivity index (χ2n) is 6.47. The zero-order valence-corrected chi connectivity index (χ0v) is 13.7. The normalized spacial score (nSPS) is 21.4. The molecule has 0 saturated heterocycles. The second kappa shape index (κ2) is 4.64. The van der Waals surface area contributed by atoms with Gasteiger partial charge in [-0.05, 0) is 30.2 Å². The van der Waals surface area contributed by atoms with E-state index in [9.17, 15) is 4.79 Å². The molecule has 0 bridgehead atoms. The predicted molar refractivity (Wildman–Crippen MR) is 100 cm³/mol. The van der Waals surface area contributed by atoms with Gasteiger partial charge in [0, 0.05) is 16.2 Å². The number of hydrogen-bond acceptors (Lipinski definition) is 1. The maximum absolute atomic E-state index is 12.0. The van der Waals surface area contributed by atoms with Crippen molar-refractivity contribution < 1.29 is 4.79 Å². The van der Waals surface area contributed by atoms with E-state index in [0.717, 1.165) is 51.9 Å². The molecule has 0 saturated carbocycles. The number of nitrogens with one attached hydrogen (secondary N) is 1. The van der Waals surface area contributed by atoms with Crippen LogP contribution in [0.4, 0.5) is 0 Å². The molecule has 104 valence electrons. The van der Waals surface area contributed by atoms with Crippen molar-refractivity contribution in [3.05, 3.63) is 16.3 Å². The standard InChI is InChI=1S/C13H17B4ClN2O/c14-6-5-4-2-1-3-13(17,12(19)21)11(4)20-10(5)8(16)7(15)9(6)18/h20H,1-3,14-17H2,(H2,19,21). The van der Waals surface area contributed by atoms with Crippen molar-refractivity contribution in [1.82, 2.24) is 4.98 Å². The van der Waals surface area contributed by atoms with Crippen LogP contribution in [-0.2, 0) is 16.5 Å². The summed E-state index contributed by atoms with van der Waals surface area (Å²) in [5, 5.41) is 1.41. The average molecular weight is 296 g/mol. The number of aromatic amines is 1. The minimum absolute atomic E-state index is 0.256. The Labute approximate surface area is 133 Å². The molecule has 1 amide bonds. The smallest absolute Gasteiger partial charge is 0.221 e. The third-order valence-corrected chi connectivity index (χ3v) is 5.84. The lowest BCUT2D eigenvalue weighted by Crippen LogP contribution is -2.44. The fourth-order valence-electron chi connectivity index (χ4n) is 3.69. The number of nitrogens with two attached hydrogens (primary N) is 1. The maximum atomic E-state index is 12.0. The van der Waals surface area contributed by atoms with Crippen molar-refractivity contribution in [2.45, 2.75) is 24.6 Å². The second-order valence-corrected chi connectivity index (χ2v) is 6.85. The number of rotatable bonds is 1. The van der Waals surface area contributed by atoms with E-state index in [1.807, 2.05) is 15.7 Å². The number of halogens is 1. The zero-order chi connectivity index (χ0) is 15.5. The van der Waals surface area contributed by atoms with Crippen molar-refractivity contribution in [3.8, 4) is 0 Å².